The number of nitrogens with zero attached hydrogens (tertiary/aromatic N) is 2. The highest BCUT2D eigenvalue weighted by Crippen LogP contribution is 2.28. The Balaban J connectivity index is 1.82. The number of ether oxygens (including phenoxy) is 4. The molecule has 0 saturated heterocycles. The van der Waals surface area contributed by atoms with Gasteiger partial charge in [-0.3, -0.25) is 9.59 Å². The van der Waals surface area contributed by atoms with Crippen LogP contribution in [0.15, 0.2) is 53.9 Å². The first-order valence-corrected chi connectivity index (χ1v) is 13.7. The van der Waals surface area contributed by atoms with E-state index in [1.165, 1.54) is 0 Å². The van der Waals surface area contributed by atoms with Crippen molar-refractivity contribution in [3.63, 3.8) is 0 Å². The molecule has 0 unspecified atom stereocenters. The molecule has 9 heteroatoms. The molecule has 0 aliphatic heterocycles. The SMILES string of the molecule is COc1cc(OC)cc(C(=O)N(CC(=O)N(CCc2ccc(OC)c(OC)c2)Cc2cccs2)CC(C)C)c1. The zero-order chi connectivity index (χ0) is 28.4. The van der Waals surface area contributed by atoms with E-state index in [4.69, 9.17) is 18.9 Å². The maximum Gasteiger partial charge on any atom is 0.254 e. The summed E-state index contributed by atoms with van der Waals surface area (Å²) in [6.07, 6.45) is 0.628. The molecule has 0 bridgehead atoms. The molecule has 0 radical (unpaired) electrons. The molecule has 1 aromatic heterocycles. The quantitative estimate of drug-likeness (QED) is 0.274. The molecule has 0 aliphatic rings. The van der Waals surface area contributed by atoms with Crippen molar-refractivity contribution in [3.05, 3.63) is 69.9 Å². The second kappa shape index (κ2) is 14.4. The molecular formula is C30H38N2O6S. The number of thiophene rings is 1. The van der Waals surface area contributed by atoms with Gasteiger partial charge in [0.2, 0.25) is 5.91 Å². The van der Waals surface area contributed by atoms with Gasteiger partial charge in [-0.15, -0.1) is 11.3 Å². The standard InChI is InChI=1S/C30H38N2O6S/c1-21(2)18-32(30(34)23-15-24(35-3)17-25(16-23)36-4)20-29(33)31(19-26-8-7-13-39-26)12-11-22-9-10-27(37-5)28(14-22)38-6/h7-10,13-17,21H,11-12,18-20H2,1-6H3. The molecule has 0 aliphatic carbocycles. The van der Waals surface area contributed by atoms with Crippen molar-refractivity contribution in [1.82, 2.24) is 9.80 Å². The Kier molecular flexibility index (Phi) is 11.0. The van der Waals surface area contributed by atoms with Crippen LogP contribution in [0, 0.1) is 5.92 Å². The van der Waals surface area contributed by atoms with Crippen LogP contribution >= 0.6 is 11.3 Å². The van der Waals surface area contributed by atoms with Crippen LogP contribution in [0.3, 0.4) is 0 Å². The Bertz CT molecular complexity index is 1210. The van der Waals surface area contributed by atoms with Crippen LogP contribution in [0.1, 0.15) is 34.6 Å². The van der Waals surface area contributed by atoms with Gasteiger partial charge in [0.15, 0.2) is 11.5 Å². The first-order chi connectivity index (χ1) is 18.8. The molecule has 0 fully saturated rings. The summed E-state index contributed by atoms with van der Waals surface area (Å²) < 4.78 is 21.5. The van der Waals surface area contributed by atoms with Gasteiger partial charge in [-0.2, -0.15) is 0 Å². The smallest absolute Gasteiger partial charge is 0.254 e. The van der Waals surface area contributed by atoms with Gasteiger partial charge >= 0.3 is 0 Å². The van der Waals surface area contributed by atoms with Crippen molar-refractivity contribution in [3.8, 4) is 23.0 Å². The second-order valence-corrected chi connectivity index (χ2v) is 10.5. The highest BCUT2D eigenvalue weighted by Gasteiger charge is 2.24. The lowest BCUT2D eigenvalue weighted by atomic mass is 10.1. The monoisotopic (exact) mass is 554 g/mol. The average Bonchev–Trinajstić information content (AvgIpc) is 3.46. The topological polar surface area (TPSA) is 77.5 Å². The van der Waals surface area contributed by atoms with E-state index in [2.05, 4.69) is 0 Å². The Morgan fingerprint density at radius 3 is 2.10 bits per heavy atom. The maximum atomic E-state index is 13.7. The van der Waals surface area contributed by atoms with Crippen LogP contribution in [0.25, 0.3) is 0 Å². The number of rotatable bonds is 14. The number of carbonyl (C=O) groups is 2. The van der Waals surface area contributed by atoms with E-state index in [1.54, 1.807) is 62.9 Å². The molecule has 0 saturated carbocycles. The zero-order valence-electron chi connectivity index (χ0n) is 23.6. The van der Waals surface area contributed by atoms with Crippen molar-refractivity contribution in [2.24, 2.45) is 5.92 Å². The van der Waals surface area contributed by atoms with Crippen molar-refractivity contribution < 1.29 is 28.5 Å². The van der Waals surface area contributed by atoms with E-state index in [-0.39, 0.29) is 24.3 Å². The largest absolute Gasteiger partial charge is 0.497 e. The van der Waals surface area contributed by atoms with Crippen molar-refractivity contribution in [2.75, 3.05) is 48.1 Å². The summed E-state index contributed by atoms with van der Waals surface area (Å²) in [5, 5.41) is 2.00. The fourth-order valence-electron chi connectivity index (χ4n) is 4.22. The predicted molar refractivity (Wildman–Crippen MR) is 153 cm³/mol. The summed E-state index contributed by atoms with van der Waals surface area (Å²) in [6, 6.07) is 14.8. The Morgan fingerprint density at radius 1 is 0.846 bits per heavy atom. The highest BCUT2D eigenvalue weighted by atomic mass is 32.1. The minimum Gasteiger partial charge on any atom is -0.497 e. The molecular weight excluding hydrogens is 516 g/mol. The minimum atomic E-state index is -0.245. The van der Waals surface area contributed by atoms with Gasteiger partial charge in [0.05, 0.1) is 35.0 Å². The van der Waals surface area contributed by atoms with Gasteiger partial charge in [-0.05, 0) is 53.6 Å². The van der Waals surface area contributed by atoms with Gasteiger partial charge in [-0.1, -0.05) is 26.0 Å². The summed E-state index contributed by atoms with van der Waals surface area (Å²) in [7, 11) is 6.29. The van der Waals surface area contributed by atoms with E-state index in [0.29, 0.717) is 54.6 Å². The number of hydrogen-bond donors (Lipinski definition) is 0. The number of hydrogen-bond acceptors (Lipinski definition) is 7. The van der Waals surface area contributed by atoms with Crippen molar-refractivity contribution in [2.45, 2.75) is 26.8 Å². The Hall–Kier alpha value is -3.72. The molecule has 2 aromatic carbocycles. The van der Waals surface area contributed by atoms with Gasteiger partial charge in [0.25, 0.3) is 5.91 Å². The number of methoxy groups -OCH3 is 4. The van der Waals surface area contributed by atoms with Crippen LogP contribution in [-0.2, 0) is 17.8 Å². The van der Waals surface area contributed by atoms with E-state index >= 15 is 0 Å². The number of carbonyl (C=O) groups excluding carboxylic acids is 2. The van der Waals surface area contributed by atoms with Crippen LogP contribution in [0.4, 0.5) is 0 Å². The van der Waals surface area contributed by atoms with Crippen LogP contribution in [0.2, 0.25) is 0 Å². The van der Waals surface area contributed by atoms with E-state index in [9.17, 15) is 9.59 Å². The van der Waals surface area contributed by atoms with Gasteiger partial charge < -0.3 is 28.7 Å². The van der Waals surface area contributed by atoms with Crippen LogP contribution in [-0.4, -0.2) is 69.7 Å². The first-order valence-electron chi connectivity index (χ1n) is 12.8. The van der Waals surface area contributed by atoms with Gasteiger partial charge in [-0.25, -0.2) is 0 Å². The lowest BCUT2D eigenvalue weighted by Gasteiger charge is -2.29. The third-order valence-corrected chi connectivity index (χ3v) is 7.06. The first kappa shape index (κ1) is 29.8. The highest BCUT2D eigenvalue weighted by molar-refractivity contribution is 7.09. The molecule has 0 atom stereocenters. The summed E-state index contributed by atoms with van der Waals surface area (Å²) in [6.45, 7) is 5.42. The van der Waals surface area contributed by atoms with Crippen molar-refractivity contribution in [1.29, 1.82) is 0 Å². The molecule has 2 amide bonds. The predicted octanol–water partition coefficient (Wildman–Crippen LogP) is 5.15. The number of amides is 2. The van der Waals surface area contributed by atoms with Crippen LogP contribution in [0.5, 0.6) is 23.0 Å². The average molecular weight is 555 g/mol. The van der Waals surface area contributed by atoms with E-state index < -0.39 is 0 Å². The molecule has 210 valence electrons. The van der Waals surface area contributed by atoms with Gasteiger partial charge in [0.1, 0.15) is 18.0 Å². The van der Waals surface area contributed by atoms with Crippen molar-refractivity contribution >= 4 is 23.2 Å². The molecule has 8 nitrogen and oxygen atoms in total. The maximum absolute atomic E-state index is 13.7. The Labute approximate surface area is 235 Å². The van der Waals surface area contributed by atoms with E-state index in [0.717, 1.165) is 10.4 Å². The molecule has 0 N–H and O–H groups in total. The zero-order valence-corrected chi connectivity index (χ0v) is 24.4. The van der Waals surface area contributed by atoms with Gasteiger partial charge in [0, 0.05) is 29.6 Å². The third kappa shape index (κ3) is 8.38. The Morgan fingerprint density at radius 2 is 1.54 bits per heavy atom. The van der Waals surface area contributed by atoms with E-state index in [1.807, 2.05) is 54.5 Å². The second-order valence-electron chi connectivity index (χ2n) is 9.51. The molecule has 0 spiro atoms. The lowest BCUT2D eigenvalue weighted by molar-refractivity contribution is -0.132. The number of benzene rings is 2. The lowest BCUT2D eigenvalue weighted by Crippen LogP contribution is -2.44. The molecule has 39 heavy (non-hydrogen) atoms. The minimum absolute atomic E-state index is 0.0339. The summed E-state index contributed by atoms with van der Waals surface area (Å²) in [4.78, 5) is 31.9. The van der Waals surface area contributed by atoms with Crippen LogP contribution < -0.4 is 18.9 Å². The molecule has 3 rings (SSSR count). The molecule has 3 aromatic rings. The summed E-state index contributed by atoms with van der Waals surface area (Å²) in [5.41, 5.74) is 1.44. The third-order valence-electron chi connectivity index (χ3n) is 6.20. The fourth-order valence-corrected chi connectivity index (χ4v) is 4.94. The summed E-state index contributed by atoms with van der Waals surface area (Å²) in [5.74, 6) is 2.15. The summed E-state index contributed by atoms with van der Waals surface area (Å²) >= 11 is 1.60. The fraction of sp³-hybridized carbons (Fsp3) is 0.400. The molecule has 1 heterocycles. The normalized spacial score (nSPS) is 10.7.